The van der Waals surface area contributed by atoms with Crippen LogP contribution in [0.4, 0.5) is 19.3 Å². The van der Waals surface area contributed by atoms with Gasteiger partial charge in [0.2, 0.25) is 0 Å². The van der Waals surface area contributed by atoms with Gasteiger partial charge < -0.3 is 19.3 Å². The van der Waals surface area contributed by atoms with Gasteiger partial charge in [-0.1, -0.05) is 0 Å². The Morgan fingerprint density at radius 3 is 2.26 bits per heavy atom. The summed E-state index contributed by atoms with van der Waals surface area (Å²) < 4.78 is 38.9. The standard InChI is InChI=1S/C14H17F2NO6/c1-14(2,3)23-13(20)17-8-6-10(22-12(15)16)9(21-4)5-7(8)11(18)19/h5-6,12H,1-4H3,(H,17,20)(H,18,19). The molecule has 0 spiro atoms. The van der Waals surface area contributed by atoms with Crippen molar-refractivity contribution in [3.05, 3.63) is 17.7 Å². The highest BCUT2D eigenvalue weighted by Crippen LogP contribution is 2.35. The molecule has 0 saturated heterocycles. The van der Waals surface area contributed by atoms with E-state index in [4.69, 9.17) is 14.6 Å². The number of hydrogen-bond acceptors (Lipinski definition) is 5. The maximum Gasteiger partial charge on any atom is 0.412 e. The van der Waals surface area contributed by atoms with E-state index in [1.54, 1.807) is 20.8 Å². The molecular weight excluding hydrogens is 316 g/mol. The van der Waals surface area contributed by atoms with Gasteiger partial charge in [0.05, 0.1) is 18.4 Å². The third kappa shape index (κ3) is 5.61. The molecule has 0 aromatic heterocycles. The number of hydrogen-bond donors (Lipinski definition) is 2. The van der Waals surface area contributed by atoms with Gasteiger partial charge >= 0.3 is 18.7 Å². The van der Waals surface area contributed by atoms with Crippen LogP contribution in [-0.4, -0.2) is 36.5 Å². The topological polar surface area (TPSA) is 94.1 Å². The monoisotopic (exact) mass is 333 g/mol. The SMILES string of the molecule is COc1cc(C(=O)O)c(NC(=O)OC(C)(C)C)cc1OC(F)F. The van der Waals surface area contributed by atoms with Crippen molar-refractivity contribution in [1.82, 2.24) is 0 Å². The Bertz CT molecular complexity index is 598. The van der Waals surface area contributed by atoms with Crippen molar-refractivity contribution in [1.29, 1.82) is 0 Å². The first kappa shape index (κ1) is 18.5. The molecule has 1 rings (SSSR count). The summed E-state index contributed by atoms with van der Waals surface area (Å²) in [4.78, 5) is 23.0. The van der Waals surface area contributed by atoms with Gasteiger partial charge in [-0.3, -0.25) is 5.32 Å². The largest absolute Gasteiger partial charge is 0.493 e. The molecule has 0 fully saturated rings. The molecule has 0 bridgehead atoms. The van der Waals surface area contributed by atoms with Crippen LogP contribution in [-0.2, 0) is 4.74 Å². The number of aromatic carboxylic acids is 1. The summed E-state index contributed by atoms with van der Waals surface area (Å²) in [5.41, 5.74) is -1.44. The van der Waals surface area contributed by atoms with Gasteiger partial charge in [0, 0.05) is 12.1 Å². The van der Waals surface area contributed by atoms with Crippen molar-refractivity contribution in [2.45, 2.75) is 33.0 Å². The van der Waals surface area contributed by atoms with E-state index in [2.05, 4.69) is 10.1 Å². The average Bonchev–Trinajstić information content (AvgIpc) is 2.35. The number of alkyl halides is 2. The average molecular weight is 333 g/mol. The highest BCUT2D eigenvalue weighted by molar-refractivity contribution is 5.99. The molecule has 0 aliphatic heterocycles. The maximum absolute atomic E-state index is 12.4. The van der Waals surface area contributed by atoms with Crippen LogP contribution in [0.5, 0.6) is 11.5 Å². The van der Waals surface area contributed by atoms with Crippen molar-refractivity contribution >= 4 is 17.7 Å². The smallest absolute Gasteiger partial charge is 0.412 e. The van der Waals surface area contributed by atoms with Gasteiger partial charge in [-0.2, -0.15) is 8.78 Å². The van der Waals surface area contributed by atoms with Gasteiger partial charge in [0.15, 0.2) is 11.5 Å². The lowest BCUT2D eigenvalue weighted by Gasteiger charge is -2.20. The highest BCUT2D eigenvalue weighted by atomic mass is 19.3. The van der Waals surface area contributed by atoms with E-state index in [9.17, 15) is 18.4 Å². The van der Waals surface area contributed by atoms with Crippen LogP contribution in [0.2, 0.25) is 0 Å². The summed E-state index contributed by atoms with van der Waals surface area (Å²) in [6.07, 6.45) is -0.937. The number of amides is 1. The van der Waals surface area contributed by atoms with Crippen LogP contribution < -0.4 is 14.8 Å². The molecular formula is C14H17F2NO6. The number of ether oxygens (including phenoxy) is 3. The molecule has 0 saturated carbocycles. The van der Waals surface area contributed by atoms with E-state index in [0.29, 0.717) is 0 Å². The van der Waals surface area contributed by atoms with Crippen LogP contribution in [0.25, 0.3) is 0 Å². The van der Waals surface area contributed by atoms with E-state index in [1.807, 2.05) is 0 Å². The van der Waals surface area contributed by atoms with Gasteiger partial charge in [-0.15, -0.1) is 0 Å². The molecule has 0 heterocycles. The zero-order valence-corrected chi connectivity index (χ0v) is 13.0. The second kappa shape index (κ2) is 7.12. The summed E-state index contributed by atoms with van der Waals surface area (Å²) in [6, 6.07) is 1.89. The third-order valence-corrected chi connectivity index (χ3v) is 2.39. The van der Waals surface area contributed by atoms with Crippen molar-refractivity contribution in [2.24, 2.45) is 0 Å². The number of benzene rings is 1. The Morgan fingerprint density at radius 1 is 1.22 bits per heavy atom. The van der Waals surface area contributed by atoms with E-state index in [0.717, 1.165) is 12.1 Å². The molecule has 2 N–H and O–H groups in total. The van der Waals surface area contributed by atoms with Crippen molar-refractivity contribution in [3.8, 4) is 11.5 Å². The number of carboxylic acids is 1. The first-order valence-corrected chi connectivity index (χ1v) is 6.43. The highest BCUT2D eigenvalue weighted by Gasteiger charge is 2.22. The molecule has 0 unspecified atom stereocenters. The van der Waals surface area contributed by atoms with Gasteiger partial charge in [-0.25, -0.2) is 9.59 Å². The van der Waals surface area contributed by atoms with Crippen LogP contribution in [0.3, 0.4) is 0 Å². The number of nitrogens with one attached hydrogen (secondary N) is 1. The normalized spacial score (nSPS) is 11.1. The Labute approximate surface area is 131 Å². The van der Waals surface area contributed by atoms with Crippen molar-refractivity contribution in [3.63, 3.8) is 0 Å². The number of carbonyl (C=O) groups excluding carboxylic acids is 1. The van der Waals surface area contributed by atoms with Crippen LogP contribution in [0, 0.1) is 0 Å². The molecule has 0 aliphatic rings. The number of anilines is 1. The van der Waals surface area contributed by atoms with Crippen molar-refractivity contribution in [2.75, 3.05) is 12.4 Å². The lowest BCUT2D eigenvalue weighted by Crippen LogP contribution is -2.27. The fraction of sp³-hybridized carbons (Fsp3) is 0.429. The number of rotatable bonds is 5. The fourth-order valence-corrected chi connectivity index (χ4v) is 1.60. The maximum atomic E-state index is 12.4. The Morgan fingerprint density at radius 2 is 1.83 bits per heavy atom. The van der Waals surface area contributed by atoms with Crippen LogP contribution in [0.1, 0.15) is 31.1 Å². The Balaban J connectivity index is 3.21. The zero-order chi connectivity index (χ0) is 17.8. The second-order valence-electron chi connectivity index (χ2n) is 5.36. The number of halogens is 2. The molecule has 1 amide bonds. The minimum Gasteiger partial charge on any atom is -0.493 e. The molecule has 0 aliphatic carbocycles. The number of carboxylic acid groups (broad SMARTS) is 1. The number of methoxy groups -OCH3 is 1. The minimum atomic E-state index is -3.14. The minimum absolute atomic E-state index is 0.211. The summed E-state index contributed by atoms with van der Waals surface area (Å²) in [5.74, 6) is -2.02. The molecule has 7 nitrogen and oxygen atoms in total. The molecule has 128 valence electrons. The summed E-state index contributed by atoms with van der Waals surface area (Å²) in [7, 11) is 1.17. The predicted octanol–water partition coefficient (Wildman–Crippen LogP) is 3.34. The third-order valence-electron chi connectivity index (χ3n) is 2.39. The summed E-state index contributed by atoms with van der Waals surface area (Å²) in [6.45, 7) is 1.70. The molecule has 0 atom stereocenters. The first-order chi connectivity index (χ1) is 10.5. The quantitative estimate of drug-likeness (QED) is 0.858. The van der Waals surface area contributed by atoms with E-state index in [1.165, 1.54) is 7.11 Å². The first-order valence-electron chi connectivity index (χ1n) is 6.43. The molecule has 1 aromatic rings. The number of carbonyl (C=O) groups is 2. The second-order valence-corrected chi connectivity index (χ2v) is 5.36. The van der Waals surface area contributed by atoms with Gasteiger partial charge in [-0.05, 0) is 20.8 Å². The Kier molecular flexibility index (Phi) is 5.72. The van der Waals surface area contributed by atoms with Crippen molar-refractivity contribution < 1.29 is 37.7 Å². The lowest BCUT2D eigenvalue weighted by atomic mass is 10.1. The van der Waals surface area contributed by atoms with Gasteiger partial charge in [0.1, 0.15) is 5.60 Å². The fourth-order valence-electron chi connectivity index (χ4n) is 1.60. The van der Waals surface area contributed by atoms with E-state index >= 15 is 0 Å². The molecule has 0 radical (unpaired) electrons. The zero-order valence-electron chi connectivity index (χ0n) is 13.0. The van der Waals surface area contributed by atoms with E-state index < -0.39 is 30.0 Å². The summed E-state index contributed by atoms with van der Waals surface area (Å²) in [5, 5.41) is 11.4. The summed E-state index contributed by atoms with van der Waals surface area (Å²) >= 11 is 0. The van der Waals surface area contributed by atoms with Gasteiger partial charge in [0.25, 0.3) is 0 Å². The van der Waals surface area contributed by atoms with Crippen LogP contribution in [0.15, 0.2) is 12.1 Å². The molecule has 23 heavy (non-hydrogen) atoms. The predicted molar refractivity (Wildman–Crippen MR) is 76.4 cm³/mol. The molecule has 9 heteroatoms. The van der Waals surface area contributed by atoms with E-state index in [-0.39, 0.29) is 17.0 Å². The Hall–Kier alpha value is -2.58. The lowest BCUT2D eigenvalue weighted by molar-refractivity contribution is -0.0511. The van der Waals surface area contributed by atoms with Crippen LogP contribution >= 0.6 is 0 Å². The molecule has 1 aromatic carbocycles.